The molecule has 106 valence electrons. The highest BCUT2D eigenvalue weighted by Crippen LogP contribution is 2.20. The zero-order valence-corrected chi connectivity index (χ0v) is 12.1. The van der Waals surface area contributed by atoms with Crippen molar-refractivity contribution in [1.82, 2.24) is 14.9 Å². The number of hydrogen-bond donors (Lipinski definition) is 0. The van der Waals surface area contributed by atoms with Gasteiger partial charge in [-0.05, 0) is 0 Å². The van der Waals surface area contributed by atoms with Crippen LogP contribution in [-0.2, 0) is 0 Å². The Morgan fingerprint density at radius 1 is 1.11 bits per heavy atom. The number of alkyl halides is 1. The molecule has 7 heteroatoms. The Labute approximate surface area is 118 Å². The lowest BCUT2D eigenvalue weighted by molar-refractivity contribution is 0.270. The molecule has 1 saturated heterocycles. The molecular formula is C12H19ClN4O2. The quantitative estimate of drug-likeness (QED) is 0.748. The average molecular weight is 287 g/mol. The molecule has 0 saturated carbocycles. The predicted octanol–water partition coefficient (Wildman–Crippen LogP) is 0.855. The fourth-order valence-corrected chi connectivity index (χ4v) is 2.27. The number of ether oxygens (including phenoxy) is 2. The van der Waals surface area contributed by atoms with Crippen LogP contribution in [0.2, 0.25) is 0 Å². The number of anilines is 1. The van der Waals surface area contributed by atoms with Crippen LogP contribution < -0.4 is 14.4 Å². The highest BCUT2D eigenvalue weighted by atomic mass is 35.5. The summed E-state index contributed by atoms with van der Waals surface area (Å²) in [7, 11) is 3.17. The summed E-state index contributed by atoms with van der Waals surface area (Å²) >= 11 is 5.75. The third-order valence-electron chi connectivity index (χ3n) is 3.14. The smallest absolute Gasteiger partial charge is 0.232 e. The first-order valence-electron chi connectivity index (χ1n) is 6.27. The largest absolute Gasteiger partial charge is 0.481 e. The Bertz CT molecular complexity index is 388. The summed E-state index contributed by atoms with van der Waals surface area (Å²) in [6, 6.07) is 1.67. The molecule has 0 radical (unpaired) electrons. The number of hydrogen-bond acceptors (Lipinski definition) is 6. The summed E-state index contributed by atoms with van der Waals surface area (Å²) < 4.78 is 10.3. The summed E-state index contributed by atoms with van der Waals surface area (Å²) in [5, 5.41) is 0. The van der Waals surface area contributed by atoms with E-state index in [1.807, 2.05) is 0 Å². The molecule has 0 aromatic carbocycles. The maximum absolute atomic E-state index is 5.75. The summed E-state index contributed by atoms with van der Waals surface area (Å²) in [4.78, 5) is 13.2. The number of piperazine rings is 1. The van der Waals surface area contributed by atoms with Gasteiger partial charge in [-0.25, -0.2) is 0 Å². The van der Waals surface area contributed by atoms with Crippen molar-refractivity contribution >= 4 is 17.5 Å². The molecule has 0 bridgehead atoms. The third kappa shape index (κ3) is 3.61. The molecule has 0 spiro atoms. The Hall–Kier alpha value is -1.27. The van der Waals surface area contributed by atoms with E-state index in [-0.39, 0.29) is 0 Å². The number of aromatic nitrogens is 2. The normalized spacial score (nSPS) is 16.5. The van der Waals surface area contributed by atoms with Crippen molar-refractivity contribution in [3.63, 3.8) is 0 Å². The molecule has 1 aliphatic heterocycles. The van der Waals surface area contributed by atoms with E-state index >= 15 is 0 Å². The second kappa shape index (κ2) is 6.77. The minimum Gasteiger partial charge on any atom is -0.481 e. The summed E-state index contributed by atoms with van der Waals surface area (Å²) in [5.41, 5.74) is 0. The number of methoxy groups -OCH3 is 2. The first kappa shape index (κ1) is 14.1. The summed E-state index contributed by atoms with van der Waals surface area (Å²) in [6.07, 6.45) is 0. The second-order valence-corrected chi connectivity index (χ2v) is 4.65. The van der Waals surface area contributed by atoms with Crippen molar-refractivity contribution in [3.05, 3.63) is 6.07 Å². The van der Waals surface area contributed by atoms with Gasteiger partial charge in [-0.2, -0.15) is 9.97 Å². The van der Waals surface area contributed by atoms with Gasteiger partial charge in [0.1, 0.15) is 0 Å². The molecule has 0 atom stereocenters. The summed E-state index contributed by atoms with van der Waals surface area (Å²) in [5.74, 6) is 2.36. The molecular weight excluding hydrogens is 268 g/mol. The Morgan fingerprint density at radius 3 is 2.16 bits per heavy atom. The van der Waals surface area contributed by atoms with Crippen LogP contribution in [0, 0.1) is 0 Å². The number of rotatable bonds is 5. The minimum absolute atomic E-state index is 0.519. The lowest BCUT2D eigenvalue weighted by Gasteiger charge is -2.34. The fraction of sp³-hybridized carbons (Fsp3) is 0.667. The fourth-order valence-electron chi connectivity index (χ4n) is 2.03. The highest BCUT2D eigenvalue weighted by Gasteiger charge is 2.19. The summed E-state index contributed by atoms with van der Waals surface area (Å²) in [6.45, 7) is 4.63. The van der Waals surface area contributed by atoms with Gasteiger partial charge in [-0.3, -0.25) is 4.90 Å². The molecule has 0 N–H and O–H groups in total. The van der Waals surface area contributed by atoms with Crippen molar-refractivity contribution in [2.24, 2.45) is 0 Å². The SMILES string of the molecule is COc1cc(OC)nc(N2CCN(CCCl)CC2)n1. The van der Waals surface area contributed by atoms with Crippen LogP contribution in [0.15, 0.2) is 6.07 Å². The van der Waals surface area contributed by atoms with E-state index in [1.165, 1.54) is 0 Å². The third-order valence-corrected chi connectivity index (χ3v) is 3.31. The molecule has 0 unspecified atom stereocenters. The van der Waals surface area contributed by atoms with Gasteiger partial charge >= 0.3 is 0 Å². The van der Waals surface area contributed by atoms with Gasteiger partial charge in [0.2, 0.25) is 17.7 Å². The van der Waals surface area contributed by atoms with Crippen molar-refractivity contribution in [1.29, 1.82) is 0 Å². The van der Waals surface area contributed by atoms with Crippen molar-refractivity contribution in [3.8, 4) is 11.8 Å². The number of halogens is 1. The molecule has 1 fully saturated rings. The molecule has 0 amide bonds. The Balaban J connectivity index is 2.06. The molecule has 1 aromatic rings. The number of nitrogens with zero attached hydrogens (tertiary/aromatic N) is 4. The van der Waals surface area contributed by atoms with Gasteiger partial charge in [0.15, 0.2) is 0 Å². The maximum Gasteiger partial charge on any atom is 0.232 e. The van der Waals surface area contributed by atoms with Gasteiger partial charge in [0.05, 0.1) is 20.3 Å². The molecule has 1 aromatic heterocycles. The van der Waals surface area contributed by atoms with E-state index in [9.17, 15) is 0 Å². The van der Waals surface area contributed by atoms with E-state index in [4.69, 9.17) is 21.1 Å². The standard InChI is InChI=1S/C12H19ClN4O2/c1-18-10-9-11(19-2)15-12(14-10)17-7-5-16(4-3-13)6-8-17/h9H,3-8H2,1-2H3. The molecule has 19 heavy (non-hydrogen) atoms. The second-order valence-electron chi connectivity index (χ2n) is 4.27. The molecule has 1 aliphatic rings. The lowest BCUT2D eigenvalue weighted by Crippen LogP contribution is -2.47. The first-order chi connectivity index (χ1) is 9.26. The van der Waals surface area contributed by atoms with E-state index < -0.39 is 0 Å². The molecule has 0 aliphatic carbocycles. The van der Waals surface area contributed by atoms with Crippen LogP contribution in [-0.4, -0.2) is 67.7 Å². The Kier molecular flexibility index (Phi) is 5.04. The first-order valence-corrected chi connectivity index (χ1v) is 6.80. The van der Waals surface area contributed by atoms with Crippen LogP contribution in [0.3, 0.4) is 0 Å². The molecule has 2 rings (SSSR count). The van der Waals surface area contributed by atoms with Crippen LogP contribution >= 0.6 is 11.6 Å². The van der Waals surface area contributed by atoms with Crippen molar-refractivity contribution in [2.45, 2.75) is 0 Å². The van der Waals surface area contributed by atoms with Crippen molar-refractivity contribution in [2.75, 3.05) is 57.7 Å². The van der Waals surface area contributed by atoms with Gasteiger partial charge in [0, 0.05) is 38.6 Å². The minimum atomic E-state index is 0.519. The van der Waals surface area contributed by atoms with E-state index in [0.717, 1.165) is 32.7 Å². The van der Waals surface area contributed by atoms with Gasteiger partial charge < -0.3 is 14.4 Å². The topological polar surface area (TPSA) is 50.7 Å². The van der Waals surface area contributed by atoms with Crippen LogP contribution in [0.1, 0.15) is 0 Å². The lowest BCUT2D eigenvalue weighted by atomic mass is 10.3. The highest BCUT2D eigenvalue weighted by molar-refractivity contribution is 6.18. The maximum atomic E-state index is 5.75. The van der Waals surface area contributed by atoms with Crippen molar-refractivity contribution < 1.29 is 9.47 Å². The predicted molar refractivity (Wildman–Crippen MR) is 74.5 cm³/mol. The van der Waals surface area contributed by atoms with Gasteiger partial charge in [-0.1, -0.05) is 0 Å². The van der Waals surface area contributed by atoms with Crippen LogP contribution in [0.4, 0.5) is 5.95 Å². The van der Waals surface area contributed by atoms with E-state index in [1.54, 1.807) is 20.3 Å². The van der Waals surface area contributed by atoms with Crippen LogP contribution in [0.5, 0.6) is 11.8 Å². The van der Waals surface area contributed by atoms with Crippen LogP contribution in [0.25, 0.3) is 0 Å². The van der Waals surface area contributed by atoms with E-state index in [0.29, 0.717) is 23.6 Å². The Morgan fingerprint density at radius 2 is 1.68 bits per heavy atom. The van der Waals surface area contributed by atoms with Gasteiger partial charge in [-0.15, -0.1) is 11.6 Å². The monoisotopic (exact) mass is 286 g/mol. The zero-order chi connectivity index (χ0) is 13.7. The zero-order valence-electron chi connectivity index (χ0n) is 11.3. The van der Waals surface area contributed by atoms with Gasteiger partial charge in [0.25, 0.3) is 0 Å². The van der Waals surface area contributed by atoms with E-state index in [2.05, 4.69) is 19.8 Å². The molecule has 6 nitrogen and oxygen atoms in total. The molecule has 2 heterocycles. The average Bonchev–Trinajstić information content (AvgIpc) is 2.47.